The molecule has 4 rings (SSSR count). The zero-order valence-electron chi connectivity index (χ0n) is 25.2. The third-order valence-corrected chi connectivity index (χ3v) is 7.83. The average Bonchev–Trinajstić information content (AvgIpc) is 3.36. The van der Waals surface area contributed by atoms with Crippen molar-refractivity contribution in [3.05, 3.63) is 59.9 Å². The van der Waals surface area contributed by atoms with Gasteiger partial charge in [-0.1, -0.05) is 45.0 Å². The van der Waals surface area contributed by atoms with Gasteiger partial charge in [-0.15, -0.1) is 5.10 Å². The van der Waals surface area contributed by atoms with Gasteiger partial charge in [0.15, 0.2) is 5.82 Å². The lowest BCUT2D eigenvalue weighted by molar-refractivity contribution is -0.121. The van der Waals surface area contributed by atoms with E-state index in [0.717, 1.165) is 43.5 Å². The summed E-state index contributed by atoms with van der Waals surface area (Å²) in [5, 5.41) is 20.9. The second kappa shape index (κ2) is 13.9. The number of benzene rings is 2. The maximum absolute atomic E-state index is 13.4. The summed E-state index contributed by atoms with van der Waals surface area (Å²) in [6.45, 7) is 7.94. The smallest absolute Gasteiger partial charge is 0.319 e. The maximum Gasteiger partial charge on any atom is 0.319 e. The van der Waals surface area contributed by atoms with Crippen LogP contribution in [0, 0.1) is 17.2 Å². The Balaban J connectivity index is 1.40. The number of nitrogens with one attached hydrogen (secondary N) is 3. The van der Waals surface area contributed by atoms with Crippen molar-refractivity contribution in [2.24, 2.45) is 18.4 Å². The number of aromatic nitrogens is 4. The Morgan fingerprint density at radius 2 is 1.88 bits per heavy atom. The molecule has 11 heteroatoms. The molecule has 1 aliphatic carbocycles. The molecule has 3 atom stereocenters. The Hall–Kier alpha value is -3.86. The van der Waals surface area contributed by atoms with Crippen LogP contribution in [0.5, 0.6) is 0 Å². The van der Waals surface area contributed by atoms with E-state index in [9.17, 15) is 14.0 Å². The SMILES string of the molecule is CCC(=O)NC1CCC(CN(C)CC(C)(C)Cc2ccc(F)cc2)C(NC(=O)Nc2cccc(-c3nnnn3C)c2)C1. The Morgan fingerprint density at radius 3 is 2.57 bits per heavy atom. The molecular formula is C31H43FN8O2. The molecule has 0 radical (unpaired) electrons. The highest BCUT2D eigenvalue weighted by atomic mass is 19.1. The van der Waals surface area contributed by atoms with Gasteiger partial charge in [-0.2, -0.15) is 0 Å². The Morgan fingerprint density at radius 1 is 1.12 bits per heavy atom. The van der Waals surface area contributed by atoms with Gasteiger partial charge in [0.2, 0.25) is 5.91 Å². The molecule has 3 aromatic rings. The van der Waals surface area contributed by atoms with Crippen molar-refractivity contribution in [3.8, 4) is 11.4 Å². The van der Waals surface area contributed by atoms with Crippen LogP contribution in [-0.2, 0) is 18.3 Å². The second-order valence-corrected chi connectivity index (χ2v) is 12.3. The number of hydrogen-bond donors (Lipinski definition) is 3. The minimum Gasteiger partial charge on any atom is -0.353 e. The molecule has 226 valence electrons. The normalized spacial score (nSPS) is 19.0. The molecule has 1 aliphatic rings. The number of carbonyl (C=O) groups is 2. The molecule has 0 bridgehead atoms. The lowest BCUT2D eigenvalue weighted by atomic mass is 9.80. The first-order valence-corrected chi connectivity index (χ1v) is 14.6. The molecule has 0 spiro atoms. The number of carbonyl (C=O) groups excluding carboxylic acids is 2. The van der Waals surface area contributed by atoms with E-state index in [-0.39, 0.29) is 41.2 Å². The number of anilines is 1. The Bertz CT molecular complexity index is 1340. The van der Waals surface area contributed by atoms with Crippen molar-refractivity contribution in [3.63, 3.8) is 0 Å². The number of amides is 3. The van der Waals surface area contributed by atoms with E-state index in [1.54, 1.807) is 11.7 Å². The third kappa shape index (κ3) is 8.82. The Kier molecular flexibility index (Phi) is 10.3. The molecule has 0 aliphatic heterocycles. The summed E-state index contributed by atoms with van der Waals surface area (Å²) in [5.74, 6) is 0.619. The molecule has 3 N–H and O–H groups in total. The van der Waals surface area contributed by atoms with Crippen LogP contribution < -0.4 is 16.0 Å². The van der Waals surface area contributed by atoms with E-state index in [0.29, 0.717) is 24.4 Å². The van der Waals surface area contributed by atoms with Gasteiger partial charge in [0, 0.05) is 49.9 Å². The zero-order chi connectivity index (χ0) is 30.3. The van der Waals surface area contributed by atoms with Gasteiger partial charge in [-0.3, -0.25) is 4.79 Å². The fourth-order valence-electron chi connectivity index (χ4n) is 6.04. The molecule has 10 nitrogen and oxygen atoms in total. The molecule has 1 fully saturated rings. The number of aryl methyl sites for hydroxylation is 1. The van der Waals surface area contributed by atoms with Crippen LogP contribution in [0.1, 0.15) is 52.0 Å². The number of halogens is 1. The van der Waals surface area contributed by atoms with E-state index in [2.05, 4.69) is 57.3 Å². The van der Waals surface area contributed by atoms with Crippen LogP contribution in [0.3, 0.4) is 0 Å². The summed E-state index contributed by atoms with van der Waals surface area (Å²) in [6, 6.07) is 13.7. The fourth-order valence-corrected chi connectivity index (χ4v) is 6.04. The van der Waals surface area contributed by atoms with E-state index < -0.39 is 0 Å². The first-order valence-electron chi connectivity index (χ1n) is 14.6. The highest BCUT2D eigenvalue weighted by molar-refractivity contribution is 5.90. The van der Waals surface area contributed by atoms with Gasteiger partial charge < -0.3 is 20.9 Å². The summed E-state index contributed by atoms with van der Waals surface area (Å²) in [5.41, 5.74) is 2.51. The van der Waals surface area contributed by atoms with Crippen LogP contribution in [0.4, 0.5) is 14.9 Å². The van der Waals surface area contributed by atoms with Crippen LogP contribution in [0.25, 0.3) is 11.4 Å². The first kappa shape index (κ1) is 31.1. The quantitative estimate of drug-likeness (QED) is 0.311. The van der Waals surface area contributed by atoms with E-state index in [4.69, 9.17) is 0 Å². The van der Waals surface area contributed by atoms with Crippen LogP contribution in [-0.4, -0.2) is 69.3 Å². The molecule has 1 heterocycles. The largest absolute Gasteiger partial charge is 0.353 e. The molecular weight excluding hydrogens is 535 g/mol. The topological polar surface area (TPSA) is 117 Å². The van der Waals surface area contributed by atoms with Crippen molar-refractivity contribution < 1.29 is 14.0 Å². The average molecular weight is 579 g/mol. The second-order valence-electron chi connectivity index (χ2n) is 12.3. The predicted molar refractivity (Wildman–Crippen MR) is 161 cm³/mol. The molecule has 2 aromatic carbocycles. The molecule has 3 amide bonds. The highest BCUT2D eigenvalue weighted by Gasteiger charge is 2.34. The number of urea groups is 1. The minimum absolute atomic E-state index is 0.0194. The van der Waals surface area contributed by atoms with Gasteiger partial charge in [0.05, 0.1) is 0 Å². The molecule has 3 unspecified atom stereocenters. The molecule has 1 saturated carbocycles. The summed E-state index contributed by atoms with van der Waals surface area (Å²) < 4.78 is 15.0. The van der Waals surface area contributed by atoms with Crippen molar-refractivity contribution in [1.82, 2.24) is 35.7 Å². The number of rotatable bonds is 11. The predicted octanol–water partition coefficient (Wildman–Crippen LogP) is 4.40. The number of hydrogen-bond acceptors (Lipinski definition) is 6. The number of tetrazole rings is 1. The van der Waals surface area contributed by atoms with Crippen LogP contribution >= 0.6 is 0 Å². The third-order valence-electron chi connectivity index (χ3n) is 7.83. The van der Waals surface area contributed by atoms with Crippen molar-refractivity contribution in [2.75, 3.05) is 25.5 Å². The maximum atomic E-state index is 13.4. The van der Waals surface area contributed by atoms with E-state index in [1.165, 1.54) is 12.1 Å². The van der Waals surface area contributed by atoms with Gasteiger partial charge >= 0.3 is 6.03 Å². The van der Waals surface area contributed by atoms with Gasteiger partial charge in [0.25, 0.3) is 0 Å². The highest BCUT2D eigenvalue weighted by Crippen LogP contribution is 2.29. The molecule has 0 saturated heterocycles. The fraction of sp³-hybridized carbons (Fsp3) is 0.516. The number of nitrogens with zero attached hydrogens (tertiary/aromatic N) is 5. The Labute approximate surface area is 247 Å². The van der Waals surface area contributed by atoms with Crippen molar-refractivity contribution in [1.29, 1.82) is 0 Å². The molecule has 42 heavy (non-hydrogen) atoms. The van der Waals surface area contributed by atoms with Crippen molar-refractivity contribution >= 4 is 17.6 Å². The van der Waals surface area contributed by atoms with Crippen LogP contribution in [0.15, 0.2) is 48.5 Å². The zero-order valence-corrected chi connectivity index (χ0v) is 25.2. The van der Waals surface area contributed by atoms with Gasteiger partial charge in [-0.05, 0) is 84.3 Å². The summed E-state index contributed by atoms with van der Waals surface area (Å²) in [4.78, 5) is 27.7. The standard InChI is InChI=1S/C31H43FN8O2/c1-6-28(41)33-26-15-12-23(19-39(4)20-31(2,3)18-21-10-13-24(32)14-11-21)27(17-26)35-30(42)34-25-9-7-8-22(16-25)29-36-37-38-40(29)5/h7-11,13-14,16,23,26-27H,6,12,15,17-20H2,1-5H3,(H,33,41)(H2,34,35,42). The summed E-state index contributed by atoms with van der Waals surface area (Å²) in [7, 11) is 3.88. The monoisotopic (exact) mass is 578 g/mol. The van der Waals surface area contributed by atoms with Gasteiger partial charge in [0.1, 0.15) is 5.82 Å². The summed E-state index contributed by atoms with van der Waals surface area (Å²) in [6.07, 6.45) is 3.69. The molecule has 1 aromatic heterocycles. The first-order chi connectivity index (χ1) is 20.0. The minimum atomic E-state index is -0.292. The van der Waals surface area contributed by atoms with Crippen molar-refractivity contribution in [2.45, 2.75) is 65.0 Å². The summed E-state index contributed by atoms with van der Waals surface area (Å²) >= 11 is 0. The van der Waals surface area contributed by atoms with E-state index in [1.807, 2.05) is 43.3 Å². The lowest BCUT2D eigenvalue weighted by Gasteiger charge is -2.40. The van der Waals surface area contributed by atoms with Gasteiger partial charge in [-0.25, -0.2) is 13.9 Å². The van der Waals surface area contributed by atoms with E-state index >= 15 is 0 Å². The van der Waals surface area contributed by atoms with Crippen LogP contribution in [0.2, 0.25) is 0 Å². The lowest BCUT2D eigenvalue weighted by Crippen LogP contribution is -2.53.